The Morgan fingerprint density at radius 1 is 1.47 bits per heavy atom. The molecule has 1 aromatic heterocycles. The Kier molecular flexibility index (Phi) is 3.32. The summed E-state index contributed by atoms with van der Waals surface area (Å²) in [6.45, 7) is 3.60. The van der Waals surface area contributed by atoms with Crippen LogP contribution >= 0.6 is 0 Å². The molecular weight excluding hydrogens is 250 g/mol. The predicted octanol–water partition coefficient (Wildman–Crippen LogP) is 1.75. The highest BCUT2D eigenvalue weighted by atomic mass is 16.6. The van der Waals surface area contributed by atoms with Crippen molar-refractivity contribution in [2.75, 3.05) is 5.73 Å². The number of nitro benzene ring substituents is 1. The second-order valence-electron chi connectivity index (χ2n) is 4.15. The molecule has 0 saturated carbocycles. The predicted molar refractivity (Wildman–Crippen MR) is 68.6 cm³/mol. The summed E-state index contributed by atoms with van der Waals surface area (Å²) in [4.78, 5) is 14.5. The Morgan fingerprint density at radius 3 is 2.74 bits per heavy atom. The summed E-state index contributed by atoms with van der Waals surface area (Å²) < 4.78 is 5.39. The van der Waals surface area contributed by atoms with Gasteiger partial charge in [-0.05, 0) is 26.0 Å². The van der Waals surface area contributed by atoms with Gasteiger partial charge in [-0.25, -0.2) is 0 Å². The Morgan fingerprint density at radius 2 is 2.21 bits per heavy atom. The van der Waals surface area contributed by atoms with Crippen molar-refractivity contribution in [3.8, 4) is 17.1 Å². The van der Waals surface area contributed by atoms with Crippen LogP contribution in [0, 0.1) is 10.1 Å². The number of ether oxygens (including phenoxy) is 1. The number of nitrogens with one attached hydrogen (secondary N) is 1. The summed E-state index contributed by atoms with van der Waals surface area (Å²) >= 11 is 0. The average Bonchev–Trinajstić information content (AvgIpc) is 2.75. The summed E-state index contributed by atoms with van der Waals surface area (Å²) in [5.74, 6) is 0.674. The number of hydrogen-bond donors (Lipinski definition) is 2. The first-order valence-electron chi connectivity index (χ1n) is 5.60. The van der Waals surface area contributed by atoms with Crippen LogP contribution in [-0.2, 0) is 0 Å². The van der Waals surface area contributed by atoms with Crippen molar-refractivity contribution in [1.82, 2.24) is 15.2 Å². The summed E-state index contributed by atoms with van der Waals surface area (Å²) in [5, 5.41) is 17.3. The van der Waals surface area contributed by atoms with E-state index in [1.807, 2.05) is 0 Å². The zero-order valence-electron chi connectivity index (χ0n) is 10.5. The zero-order chi connectivity index (χ0) is 14.0. The van der Waals surface area contributed by atoms with Gasteiger partial charge in [-0.3, -0.25) is 15.2 Å². The van der Waals surface area contributed by atoms with Gasteiger partial charge in [0.25, 0.3) is 0 Å². The third kappa shape index (κ3) is 2.79. The third-order valence-corrected chi connectivity index (χ3v) is 2.29. The standard InChI is InChI=1S/C11H13N5O3/c1-6(2)19-9-4-3-7(5-8(9)16(17)18)10-13-11(12)15-14-10/h3-6H,1-2H3,(H3,12,13,14,15). The minimum atomic E-state index is -0.499. The maximum absolute atomic E-state index is 11.0. The molecule has 100 valence electrons. The van der Waals surface area contributed by atoms with Crippen LogP contribution in [0.3, 0.4) is 0 Å². The molecule has 0 fully saturated rings. The van der Waals surface area contributed by atoms with Gasteiger partial charge in [-0.15, -0.1) is 5.10 Å². The van der Waals surface area contributed by atoms with Gasteiger partial charge in [-0.1, -0.05) is 0 Å². The number of nitrogens with two attached hydrogens (primary N) is 1. The molecule has 0 aliphatic carbocycles. The highest BCUT2D eigenvalue weighted by Crippen LogP contribution is 2.31. The van der Waals surface area contributed by atoms with Crippen LogP contribution in [0.2, 0.25) is 0 Å². The van der Waals surface area contributed by atoms with E-state index in [0.717, 1.165) is 0 Å². The molecule has 1 aromatic carbocycles. The van der Waals surface area contributed by atoms with Crippen molar-refractivity contribution in [3.63, 3.8) is 0 Å². The largest absolute Gasteiger partial charge is 0.484 e. The van der Waals surface area contributed by atoms with E-state index in [4.69, 9.17) is 10.5 Å². The molecule has 0 aliphatic rings. The fraction of sp³-hybridized carbons (Fsp3) is 0.273. The quantitative estimate of drug-likeness (QED) is 0.640. The number of nitrogen functional groups attached to an aromatic ring is 1. The van der Waals surface area contributed by atoms with E-state index in [9.17, 15) is 10.1 Å². The van der Waals surface area contributed by atoms with Crippen molar-refractivity contribution in [3.05, 3.63) is 28.3 Å². The van der Waals surface area contributed by atoms with Crippen LogP contribution in [0.1, 0.15) is 13.8 Å². The normalized spacial score (nSPS) is 10.7. The van der Waals surface area contributed by atoms with Gasteiger partial charge in [0.15, 0.2) is 11.6 Å². The lowest BCUT2D eigenvalue weighted by Gasteiger charge is -2.10. The van der Waals surface area contributed by atoms with Crippen LogP contribution in [0.15, 0.2) is 18.2 Å². The number of nitrogens with zero attached hydrogens (tertiary/aromatic N) is 3. The molecule has 8 nitrogen and oxygen atoms in total. The summed E-state index contributed by atoms with van der Waals surface area (Å²) in [6.07, 6.45) is -0.148. The van der Waals surface area contributed by atoms with Gasteiger partial charge in [-0.2, -0.15) is 4.98 Å². The van der Waals surface area contributed by atoms with Gasteiger partial charge in [0.1, 0.15) is 0 Å². The average molecular weight is 263 g/mol. The van der Waals surface area contributed by atoms with Crippen molar-refractivity contribution in [2.24, 2.45) is 0 Å². The molecule has 2 aromatic rings. The van der Waals surface area contributed by atoms with E-state index in [0.29, 0.717) is 11.4 Å². The van der Waals surface area contributed by atoms with E-state index in [1.54, 1.807) is 19.9 Å². The summed E-state index contributed by atoms with van der Waals surface area (Å²) in [5.41, 5.74) is 5.79. The molecule has 0 amide bonds. The first-order chi connectivity index (χ1) is 8.97. The molecule has 19 heavy (non-hydrogen) atoms. The van der Waals surface area contributed by atoms with Gasteiger partial charge in [0, 0.05) is 11.6 Å². The molecule has 3 N–H and O–H groups in total. The van der Waals surface area contributed by atoms with E-state index in [2.05, 4.69) is 15.2 Å². The van der Waals surface area contributed by atoms with Crippen LogP contribution in [0.5, 0.6) is 5.75 Å². The number of hydrogen-bond acceptors (Lipinski definition) is 6. The molecule has 0 spiro atoms. The van der Waals surface area contributed by atoms with Gasteiger partial charge in [0.2, 0.25) is 5.95 Å². The van der Waals surface area contributed by atoms with Crippen molar-refractivity contribution < 1.29 is 9.66 Å². The highest BCUT2D eigenvalue weighted by Gasteiger charge is 2.18. The van der Waals surface area contributed by atoms with E-state index in [1.165, 1.54) is 12.1 Å². The van der Waals surface area contributed by atoms with Crippen LogP contribution < -0.4 is 10.5 Å². The Balaban J connectivity index is 2.44. The molecule has 0 unspecified atom stereocenters. The fourth-order valence-corrected chi connectivity index (χ4v) is 1.56. The van der Waals surface area contributed by atoms with Crippen LogP contribution in [0.25, 0.3) is 11.4 Å². The number of aromatic nitrogens is 3. The number of H-pyrrole nitrogens is 1. The van der Waals surface area contributed by atoms with Crippen LogP contribution in [-0.4, -0.2) is 26.2 Å². The second kappa shape index (κ2) is 4.92. The fourth-order valence-electron chi connectivity index (χ4n) is 1.56. The topological polar surface area (TPSA) is 120 Å². The van der Waals surface area contributed by atoms with Crippen LogP contribution in [0.4, 0.5) is 11.6 Å². The summed E-state index contributed by atoms with van der Waals surface area (Å²) in [7, 11) is 0. The lowest BCUT2D eigenvalue weighted by Crippen LogP contribution is -2.07. The molecule has 8 heteroatoms. The molecule has 0 saturated heterocycles. The lowest BCUT2D eigenvalue weighted by atomic mass is 10.2. The minimum absolute atomic E-state index is 0.0835. The molecule has 2 rings (SSSR count). The lowest BCUT2D eigenvalue weighted by molar-refractivity contribution is -0.386. The van der Waals surface area contributed by atoms with Gasteiger partial charge in [0.05, 0.1) is 11.0 Å². The zero-order valence-corrected chi connectivity index (χ0v) is 10.5. The van der Waals surface area contributed by atoms with E-state index >= 15 is 0 Å². The van der Waals surface area contributed by atoms with Crippen molar-refractivity contribution in [2.45, 2.75) is 20.0 Å². The van der Waals surface area contributed by atoms with Crippen molar-refractivity contribution >= 4 is 11.6 Å². The highest BCUT2D eigenvalue weighted by molar-refractivity contribution is 5.64. The maximum Gasteiger partial charge on any atom is 0.311 e. The Bertz CT molecular complexity index is 608. The van der Waals surface area contributed by atoms with Gasteiger partial charge >= 0.3 is 5.69 Å². The molecule has 0 radical (unpaired) electrons. The molecule has 0 aliphatic heterocycles. The third-order valence-electron chi connectivity index (χ3n) is 2.29. The minimum Gasteiger partial charge on any atom is -0.484 e. The van der Waals surface area contributed by atoms with Gasteiger partial charge < -0.3 is 10.5 Å². The Labute approximate surface area is 108 Å². The number of aromatic amines is 1. The summed E-state index contributed by atoms with van der Waals surface area (Å²) in [6, 6.07) is 4.56. The second-order valence-corrected chi connectivity index (χ2v) is 4.15. The molecule has 0 atom stereocenters. The molecular formula is C11H13N5O3. The van der Waals surface area contributed by atoms with Crippen molar-refractivity contribution in [1.29, 1.82) is 0 Å². The number of benzene rings is 1. The monoisotopic (exact) mass is 263 g/mol. The first-order valence-corrected chi connectivity index (χ1v) is 5.60. The Hall–Kier alpha value is -2.64. The molecule has 1 heterocycles. The SMILES string of the molecule is CC(C)Oc1ccc(-c2nc(N)n[nH]2)cc1[N+](=O)[O-]. The smallest absolute Gasteiger partial charge is 0.311 e. The van der Waals surface area contributed by atoms with E-state index < -0.39 is 4.92 Å². The maximum atomic E-state index is 11.0. The van der Waals surface area contributed by atoms with E-state index in [-0.39, 0.29) is 23.5 Å². The number of anilines is 1. The first kappa shape index (κ1) is 12.8. The number of nitro groups is 1. The molecule has 0 bridgehead atoms. The number of rotatable bonds is 4.